The number of sulfonamides is 1. The summed E-state index contributed by atoms with van der Waals surface area (Å²) in [5.74, 6) is -0.549. The van der Waals surface area contributed by atoms with Crippen molar-refractivity contribution in [3.8, 4) is 0 Å². The number of aromatic nitrogens is 1. The molecule has 29 heavy (non-hydrogen) atoms. The average Bonchev–Trinajstić information content (AvgIpc) is 3.03. The summed E-state index contributed by atoms with van der Waals surface area (Å²) in [6, 6.07) is 10.6. The fraction of sp³-hybridized carbons (Fsp3) is 0.318. The van der Waals surface area contributed by atoms with Gasteiger partial charge in [-0.15, -0.1) is 0 Å². The van der Waals surface area contributed by atoms with Gasteiger partial charge in [-0.3, -0.25) is 4.79 Å². The van der Waals surface area contributed by atoms with Crippen molar-refractivity contribution in [2.24, 2.45) is 0 Å². The highest BCUT2D eigenvalue weighted by molar-refractivity contribution is 7.89. The highest BCUT2D eigenvalue weighted by atomic mass is 32.2. The lowest BCUT2D eigenvalue weighted by molar-refractivity contribution is -0.145. The molecule has 2 aromatic carbocycles. The predicted molar refractivity (Wildman–Crippen MR) is 111 cm³/mol. The number of esters is 1. The third-order valence-electron chi connectivity index (χ3n) is 5.61. The molecular formula is C22H24N2O4S. The van der Waals surface area contributed by atoms with Gasteiger partial charge in [0, 0.05) is 23.0 Å². The van der Waals surface area contributed by atoms with E-state index in [1.165, 1.54) is 11.4 Å². The second-order valence-electron chi connectivity index (χ2n) is 7.65. The van der Waals surface area contributed by atoms with Gasteiger partial charge < -0.3 is 9.72 Å². The number of hydrogen-bond acceptors (Lipinski definition) is 4. The molecule has 3 aromatic rings. The molecule has 0 radical (unpaired) electrons. The molecule has 0 aliphatic carbocycles. The standard InChI is InChI=1S/C22H24N2O4S/c1-13-9-14(2)21(15(3)10-13)29(26,27)24-12-19-17(11-20(24)22(25)28-4)16-7-5-6-8-18(16)23-19/h5-10,20,23H,11-12H2,1-4H3. The maximum atomic E-state index is 13.7. The van der Waals surface area contributed by atoms with E-state index in [0.29, 0.717) is 11.1 Å². The number of ether oxygens (including phenoxy) is 1. The maximum absolute atomic E-state index is 13.7. The van der Waals surface area contributed by atoms with Crippen LogP contribution in [-0.2, 0) is 32.5 Å². The first-order valence-corrected chi connectivity index (χ1v) is 10.9. The third-order valence-corrected chi connectivity index (χ3v) is 7.77. The van der Waals surface area contributed by atoms with Crippen LogP contribution in [0.1, 0.15) is 27.9 Å². The minimum absolute atomic E-state index is 0.0961. The van der Waals surface area contributed by atoms with E-state index in [9.17, 15) is 13.2 Å². The fourth-order valence-corrected chi connectivity index (χ4v) is 6.43. The average molecular weight is 413 g/mol. The third kappa shape index (κ3) is 3.14. The summed E-state index contributed by atoms with van der Waals surface area (Å²) in [5, 5.41) is 1.01. The minimum Gasteiger partial charge on any atom is -0.468 e. The Balaban J connectivity index is 1.88. The number of aromatic amines is 1. The smallest absolute Gasteiger partial charge is 0.324 e. The number of H-pyrrole nitrogens is 1. The van der Waals surface area contributed by atoms with Gasteiger partial charge in [-0.05, 0) is 43.5 Å². The summed E-state index contributed by atoms with van der Waals surface area (Å²) >= 11 is 0. The predicted octanol–water partition coefficient (Wildman–Crippen LogP) is 3.38. The van der Waals surface area contributed by atoms with Crippen molar-refractivity contribution in [3.63, 3.8) is 0 Å². The number of rotatable bonds is 3. The zero-order valence-electron chi connectivity index (χ0n) is 16.9. The molecule has 1 aliphatic rings. The summed E-state index contributed by atoms with van der Waals surface area (Å²) < 4.78 is 33.7. The Morgan fingerprint density at radius 2 is 1.79 bits per heavy atom. The number of carbonyl (C=O) groups is 1. The van der Waals surface area contributed by atoms with Gasteiger partial charge in [0.1, 0.15) is 6.04 Å². The van der Waals surface area contributed by atoms with Crippen molar-refractivity contribution in [2.75, 3.05) is 7.11 Å². The van der Waals surface area contributed by atoms with E-state index >= 15 is 0 Å². The molecule has 152 valence electrons. The van der Waals surface area contributed by atoms with Crippen LogP contribution in [0.2, 0.25) is 0 Å². The molecule has 0 saturated carbocycles. The zero-order valence-corrected chi connectivity index (χ0v) is 17.8. The first kappa shape index (κ1) is 19.7. The second kappa shape index (κ2) is 7.00. The number of nitrogens with zero attached hydrogens (tertiary/aromatic N) is 1. The number of methoxy groups -OCH3 is 1. The molecule has 1 aliphatic heterocycles. The Labute approximate surface area is 170 Å². The van der Waals surface area contributed by atoms with Crippen LogP contribution in [0.15, 0.2) is 41.3 Å². The number of aryl methyl sites for hydroxylation is 3. The summed E-state index contributed by atoms with van der Waals surface area (Å²) in [6.45, 7) is 5.61. The normalized spacial score (nSPS) is 17.3. The fourth-order valence-electron chi connectivity index (χ4n) is 4.47. The van der Waals surface area contributed by atoms with Gasteiger partial charge in [0.15, 0.2) is 0 Å². The molecule has 6 nitrogen and oxygen atoms in total. The number of nitrogens with one attached hydrogen (secondary N) is 1. The maximum Gasteiger partial charge on any atom is 0.324 e. The van der Waals surface area contributed by atoms with Crippen LogP contribution in [0.4, 0.5) is 0 Å². The van der Waals surface area contributed by atoms with Crippen molar-refractivity contribution in [1.82, 2.24) is 9.29 Å². The van der Waals surface area contributed by atoms with Gasteiger partial charge in [0.25, 0.3) is 0 Å². The molecule has 1 aromatic heterocycles. The molecule has 1 atom stereocenters. The van der Waals surface area contributed by atoms with E-state index < -0.39 is 22.0 Å². The number of hydrogen-bond donors (Lipinski definition) is 1. The van der Waals surface area contributed by atoms with Gasteiger partial charge in [-0.25, -0.2) is 8.42 Å². The first-order chi connectivity index (χ1) is 13.7. The SMILES string of the molecule is COC(=O)C1Cc2c([nH]c3ccccc23)CN1S(=O)(=O)c1c(C)cc(C)cc1C. The van der Waals surface area contributed by atoms with E-state index in [1.807, 2.05) is 43.3 Å². The Morgan fingerprint density at radius 3 is 2.45 bits per heavy atom. The Morgan fingerprint density at radius 1 is 1.14 bits per heavy atom. The molecule has 0 saturated heterocycles. The number of benzene rings is 2. The van der Waals surface area contributed by atoms with Crippen molar-refractivity contribution >= 4 is 26.9 Å². The molecule has 4 rings (SSSR count). The molecule has 7 heteroatoms. The van der Waals surface area contributed by atoms with E-state index in [2.05, 4.69) is 4.98 Å². The zero-order chi connectivity index (χ0) is 20.9. The summed E-state index contributed by atoms with van der Waals surface area (Å²) in [7, 11) is -2.62. The van der Waals surface area contributed by atoms with E-state index in [0.717, 1.165) is 27.7 Å². The van der Waals surface area contributed by atoms with Crippen LogP contribution in [-0.4, -0.2) is 36.8 Å². The van der Waals surface area contributed by atoms with Crippen LogP contribution in [0.5, 0.6) is 0 Å². The van der Waals surface area contributed by atoms with Gasteiger partial charge in [0.05, 0.1) is 18.6 Å². The lowest BCUT2D eigenvalue weighted by Crippen LogP contribution is -2.49. The summed E-state index contributed by atoms with van der Waals surface area (Å²) in [6.07, 6.45) is 0.273. The van der Waals surface area contributed by atoms with E-state index in [-0.39, 0.29) is 17.9 Å². The molecule has 2 heterocycles. The molecule has 1 unspecified atom stereocenters. The Hall–Kier alpha value is -2.64. The monoisotopic (exact) mass is 412 g/mol. The van der Waals surface area contributed by atoms with Crippen LogP contribution >= 0.6 is 0 Å². The minimum atomic E-state index is -3.91. The second-order valence-corrected chi connectivity index (χ2v) is 9.48. The quantitative estimate of drug-likeness (QED) is 0.669. The van der Waals surface area contributed by atoms with Gasteiger partial charge >= 0.3 is 5.97 Å². The molecule has 1 N–H and O–H groups in total. The lowest BCUT2D eigenvalue weighted by atomic mass is 9.98. The molecular weight excluding hydrogens is 388 g/mol. The Kier molecular flexibility index (Phi) is 4.75. The van der Waals surface area contributed by atoms with Crippen LogP contribution in [0.25, 0.3) is 10.9 Å². The van der Waals surface area contributed by atoms with Crippen molar-refractivity contribution < 1.29 is 17.9 Å². The van der Waals surface area contributed by atoms with Crippen molar-refractivity contribution in [2.45, 2.75) is 44.7 Å². The largest absolute Gasteiger partial charge is 0.468 e. The van der Waals surface area contributed by atoms with Gasteiger partial charge in [-0.1, -0.05) is 35.9 Å². The van der Waals surface area contributed by atoms with Crippen LogP contribution in [0, 0.1) is 20.8 Å². The lowest BCUT2D eigenvalue weighted by Gasteiger charge is -2.33. The summed E-state index contributed by atoms with van der Waals surface area (Å²) in [5.41, 5.74) is 5.07. The number of carbonyl (C=O) groups excluding carboxylic acids is 1. The Bertz CT molecular complexity index is 1200. The topological polar surface area (TPSA) is 79.5 Å². The van der Waals surface area contributed by atoms with Crippen LogP contribution in [0.3, 0.4) is 0 Å². The van der Waals surface area contributed by atoms with Crippen molar-refractivity contribution in [3.05, 3.63) is 64.3 Å². The van der Waals surface area contributed by atoms with Gasteiger partial charge in [0.2, 0.25) is 10.0 Å². The van der Waals surface area contributed by atoms with E-state index in [1.54, 1.807) is 13.8 Å². The van der Waals surface area contributed by atoms with Gasteiger partial charge in [-0.2, -0.15) is 4.31 Å². The van der Waals surface area contributed by atoms with E-state index in [4.69, 9.17) is 4.74 Å². The molecule has 0 amide bonds. The van der Waals surface area contributed by atoms with Crippen LogP contribution < -0.4 is 0 Å². The van der Waals surface area contributed by atoms with Crippen molar-refractivity contribution in [1.29, 1.82) is 0 Å². The number of fused-ring (bicyclic) bond motifs is 3. The number of para-hydroxylation sites is 1. The highest BCUT2D eigenvalue weighted by Crippen LogP contribution is 2.35. The first-order valence-electron chi connectivity index (χ1n) is 9.50. The molecule has 0 fully saturated rings. The molecule has 0 bridgehead atoms. The summed E-state index contributed by atoms with van der Waals surface area (Å²) in [4.78, 5) is 16.2. The molecule has 0 spiro atoms. The highest BCUT2D eigenvalue weighted by Gasteiger charge is 2.42.